The Balaban J connectivity index is 2.25. The molecule has 0 fully saturated rings. The summed E-state index contributed by atoms with van der Waals surface area (Å²) in [5.74, 6) is -0.353. The quantitative estimate of drug-likeness (QED) is 0.569. The Hall–Kier alpha value is -1.75. The Morgan fingerprint density at radius 2 is 1.59 bits per heavy atom. The molecule has 0 aromatic heterocycles. The zero-order chi connectivity index (χ0) is 21.6. The number of nitrogens with zero attached hydrogens (tertiary/aromatic N) is 1. The van der Waals surface area contributed by atoms with Crippen LogP contribution in [-0.2, 0) is 22.6 Å². The van der Waals surface area contributed by atoms with E-state index in [0.29, 0.717) is 15.1 Å². The van der Waals surface area contributed by atoms with Crippen LogP contribution in [-0.4, -0.2) is 28.8 Å². The third-order valence-electron chi connectivity index (χ3n) is 4.77. The number of amides is 2. The average molecular weight is 456 g/mol. The van der Waals surface area contributed by atoms with Crippen LogP contribution < -0.4 is 5.32 Å². The van der Waals surface area contributed by atoms with Crippen LogP contribution >= 0.6 is 34.8 Å². The number of hydrogen-bond acceptors (Lipinski definition) is 2. The summed E-state index contributed by atoms with van der Waals surface area (Å²) in [7, 11) is 0. The van der Waals surface area contributed by atoms with E-state index in [2.05, 4.69) is 5.32 Å². The summed E-state index contributed by atoms with van der Waals surface area (Å²) < 4.78 is 0. The maximum absolute atomic E-state index is 13.1. The fourth-order valence-electron chi connectivity index (χ4n) is 2.76. The molecule has 0 aliphatic rings. The molecule has 2 atom stereocenters. The van der Waals surface area contributed by atoms with Crippen molar-refractivity contribution in [2.45, 2.75) is 52.2 Å². The summed E-state index contributed by atoms with van der Waals surface area (Å²) in [6, 6.07) is 11.7. The minimum atomic E-state index is -0.641. The molecule has 0 radical (unpaired) electrons. The first-order valence-corrected chi connectivity index (χ1v) is 10.6. The van der Waals surface area contributed by atoms with Gasteiger partial charge < -0.3 is 10.2 Å². The molecule has 0 aliphatic carbocycles. The second-order valence-electron chi connectivity index (χ2n) is 7.07. The van der Waals surface area contributed by atoms with Crippen molar-refractivity contribution in [3.63, 3.8) is 0 Å². The largest absolute Gasteiger partial charge is 0.352 e. The number of halogens is 3. The zero-order valence-corrected chi connectivity index (χ0v) is 19.0. The fraction of sp³-hybridized carbons (Fsp3) is 0.364. The minimum Gasteiger partial charge on any atom is -0.352 e. The van der Waals surface area contributed by atoms with E-state index in [0.717, 1.165) is 17.5 Å². The molecule has 0 heterocycles. The molecule has 1 N–H and O–H groups in total. The second-order valence-corrected chi connectivity index (χ2v) is 8.32. The summed E-state index contributed by atoms with van der Waals surface area (Å²) in [4.78, 5) is 27.4. The van der Waals surface area contributed by atoms with Gasteiger partial charge in [0, 0.05) is 17.6 Å². The molecule has 29 heavy (non-hydrogen) atoms. The van der Waals surface area contributed by atoms with Crippen molar-refractivity contribution in [2.75, 3.05) is 0 Å². The fourth-order valence-corrected chi connectivity index (χ4v) is 3.21. The lowest BCUT2D eigenvalue weighted by Gasteiger charge is -2.30. The van der Waals surface area contributed by atoms with Gasteiger partial charge in [-0.25, -0.2) is 0 Å². The van der Waals surface area contributed by atoms with Gasteiger partial charge in [-0.05, 0) is 55.7 Å². The molecule has 2 unspecified atom stereocenters. The maximum Gasteiger partial charge on any atom is 0.242 e. The average Bonchev–Trinajstić information content (AvgIpc) is 2.69. The van der Waals surface area contributed by atoms with Gasteiger partial charge in [0.2, 0.25) is 11.8 Å². The van der Waals surface area contributed by atoms with E-state index in [4.69, 9.17) is 34.8 Å². The Labute approximate surface area is 187 Å². The molecular formula is C22H25Cl3N2O2. The number of carbonyl (C=O) groups is 2. The lowest BCUT2D eigenvalue weighted by molar-refractivity contribution is -0.140. The van der Waals surface area contributed by atoms with Crippen LogP contribution in [0.3, 0.4) is 0 Å². The van der Waals surface area contributed by atoms with E-state index in [-0.39, 0.29) is 30.8 Å². The lowest BCUT2D eigenvalue weighted by atomic mass is 10.1. The van der Waals surface area contributed by atoms with Crippen molar-refractivity contribution < 1.29 is 9.59 Å². The van der Waals surface area contributed by atoms with Gasteiger partial charge in [-0.3, -0.25) is 9.59 Å². The van der Waals surface area contributed by atoms with Crippen LogP contribution in [0.25, 0.3) is 0 Å². The van der Waals surface area contributed by atoms with Crippen LogP contribution in [0.5, 0.6) is 0 Å². The van der Waals surface area contributed by atoms with Gasteiger partial charge in [-0.2, -0.15) is 0 Å². The smallest absolute Gasteiger partial charge is 0.242 e. The molecule has 4 nitrogen and oxygen atoms in total. The third-order valence-corrected chi connectivity index (χ3v) is 5.76. The lowest BCUT2D eigenvalue weighted by Crippen LogP contribution is -2.49. The first kappa shape index (κ1) is 23.5. The first-order chi connectivity index (χ1) is 13.7. The van der Waals surface area contributed by atoms with E-state index >= 15 is 0 Å². The SMILES string of the molecule is CCC(C)NC(=O)C(C)N(Cc1ccc(Cl)c(Cl)c1)C(=O)Cc1ccc(Cl)cc1. The highest BCUT2D eigenvalue weighted by Crippen LogP contribution is 2.24. The van der Waals surface area contributed by atoms with Gasteiger partial charge in [-0.1, -0.05) is 59.9 Å². The molecule has 2 aromatic rings. The van der Waals surface area contributed by atoms with Crippen molar-refractivity contribution in [2.24, 2.45) is 0 Å². The molecule has 7 heteroatoms. The number of hydrogen-bond donors (Lipinski definition) is 1. The monoisotopic (exact) mass is 454 g/mol. The van der Waals surface area contributed by atoms with Gasteiger partial charge in [0.05, 0.1) is 16.5 Å². The van der Waals surface area contributed by atoms with Gasteiger partial charge in [0.1, 0.15) is 6.04 Å². The molecule has 0 aliphatic heterocycles. The maximum atomic E-state index is 13.1. The molecule has 0 saturated heterocycles. The topological polar surface area (TPSA) is 49.4 Å². The number of carbonyl (C=O) groups excluding carboxylic acids is 2. The number of rotatable bonds is 8. The molecule has 2 amide bonds. The molecular weight excluding hydrogens is 431 g/mol. The molecule has 2 rings (SSSR count). The highest BCUT2D eigenvalue weighted by Gasteiger charge is 2.27. The van der Waals surface area contributed by atoms with Gasteiger partial charge in [0.15, 0.2) is 0 Å². The van der Waals surface area contributed by atoms with Crippen molar-refractivity contribution in [3.05, 3.63) is 68.7 Å². The van der Waals surface area contributed by atoms with E-state index < -0.39 is 6.04 Å². The summed E-state index contributed by atoms with van der Waals surface area (Å²) >= 11 is 18.1. The molecule has 0 spiro atoms. The van der Waals surface area contributed by atoms with Gasteiger partial charge >= 0.3 is 0 Å². The van der Waals surface area contributed by atoms with Crippen LogP contribution in [0.2, 0.25) is 15.1 Å². The van der Waals surface area contributed by atoms with Crippen LogP contribution in [0.1, 0.15) is 38.3 Å². The minimum absolute atomic E-state index is 0.0307. The number of nitrogens with one attached hydrogen (secondary N) is 1. The van der Waals surface area contributed by atoms with E-state index in [1.807, 2.05) is 26.0 Å². The van der Waals surface area contributed by atoms with Crippen molar-refractivity contribution in [1.82, 2.24) is 10.2 Å². The summed E-state index contributed by atoms with van der Waals surface area (Å²) in [6.07, 6.45) is 0.976. The summed E-state index contributed by atoms with van der Waals surface area (Å²) in [5.41, 5.74) is 1.63. The highest BCUT2D eigenvalue weighted by atomic mass is 35.5. The predicted octanol–water partition coefficient (Wildman–Crippen LogP) is 5.52. The molecule has 2 aromatic carbocycles. The summed E-state index contributed by atoms with van der Waals surface area (Å²) in [5, 5.41) is 4.40. The van der Waals surface area contributed by atoms with E-state index in [9.17, 15) is 9.59 Å². The third kappa shape index (κ3) is 6.91. The summed E-state index contributed by atoms with van der Waals surface area (Å²) in [6.45, 7) is 5.91. The number of benzene rings is 2. The Morgan fingerprint density at radius 1 is 0.966 bits per heavy atom. The van der Waals surface area contributed by atoms with Crippen LogP contribution in [0.15, 0.2) is 42.5 Å². The van der Waals surface area contributed by atoms with E-state index in [1.54, 1.807) is 42.2 Å². The normalized spacial score (nSPS) is 12.9. The van der Waals surface area contributed by atoms with E-state index in [1.165, 1.54) is 0 Å². The van der Waals surface area contributed by atoms with Crippen molar-refractivity contribution in [3.8, 4) is 0 Å². The van der Waals surface area contributed by atoms with Gasteiger partial charge in [0.25, 0.3) is 0 Å². The van der Waals surface area contributed by atoms with Crippen LogP contribution in [0.4, 0.5) is 0 Å². The van der Waals surface area contributed by atoms with Crippen LogP contribution in [0, 0.1) is 0 Å². The Kier molecular flexibility index (Phi) is 8.81. The van der Waals surface area contributed by atoms with Gasteiger partial charge in [-0.15, -0.1) is 0 Å². The predicted molar refractivity (Wildman–Crippen MR) is 120 cm³/mol. The molecule has 0 bridgehead atoms. The molecule has 156 valence electrons. The zero-order valence-electron chi connectivity index (χ0n) is 16.7. The van der Waals surface area contributed by atoms with Crippen molar-refractivity contribution in [1.29, 1.82) is 0 Å². The molecule has 0 saturated carbocycles. The standard InChI is InChI=1S/C22H25Cl3N2O2/c1-4-14(2)26-22(29)15(3)27(13-17-7-10-19(24)20(25)11-17)21(28)12-16-5-8-18(23)9-6-16/h5-11,14-15H,4,12-13H2,1-3H3,(H,26,29). The Morgan fingerprint density at radius 3 is 2.17 bits per heavy atom. The second kappa shape index (κ2) is 10.9. The van der Waals surface area contributed by atoms with Crippen molar-refractivity contribution >= 4 is 46.6 Å². The Bertz CT molecular complexity index is 856. The first-order valence-electron chi connectivity index (χ1n) is 9.49. The highest BCUT2D eigenvalue weighted by molar-refractivity contribution is 6.42.